The molecule has 2 aromatic rings. The van der Waals surface area contributed by atoms with Crippen LogP contribution in [0.4, 0.5) is 0 Å². The molecule has 0 saturated carbocycles. The predicted molar refractivity (Wildman–Crippen MR) is 98.3 cm³/mol. The number of carbonyl (C=O) groups is 1. The number of methoxy groups -OCH3 is 1. The molecule has 3 heterocycles. The number of hydrogen-bond donors (Lipinski definition) is 0. The van der Waals surface area contributed by atoms with Crippen LogP contribution in [0, 0.1) is 6.92 Å². The standard InChI is InChI=1S/C18H24N4O3S/c1-13-19-8-15(10-25-7-6-24-2)17(21-13)14-4-3-5-22(9-14)18(23)16-11-26-12-20-16/h8,11-12,14H,3-7,9-10H2,1-2H3. The highest BCUT2D eigenvalue weighted by atomic mass is 32.1. The number of ether oxygens (including phenoxy) is 2. The van der Waals surface area contributed by atoms with E-state index in [1.165, 1.54) is 11.3 Å². The second-order valence-electron chi connectivity index (χ2n) is 6.34. The molecule has 0 aromatic carbocycles. The number of piperidine rings is 1. The molecule has 140 valence electrons. The smallest absolute Gasteiger partial charge is 0.273 e. The maximum absolute atomic E-state index is 12.6. The molecular weight excluding hydrogens is 352 g/mol. The van der Waals surface area contributed by atoms with Gasteiger partial charge in [0.2, 0.25) is 0 Å². The third-order valence-corrected chi connectivity index (χ3v) is 5.04. The Morgan fingerprint density at radius 3 is 3.04 bits per heavy atom. The molecule has 1 atom stereocenters. The number of amides is 1. The molecule has 8 heteroatoms. The number of likely N-dealkylation sites (tertiary alicyclic amines) is 1. The normalized spacial score (nSPS) is 17.5. The lowest BCUT2D eigenvalue weighted by Gasteiger charge is -2.33. The summed E-state index contributed by atoms with van der Waals surface area (Å²) in [5, 5.41) is 1.80. The van der Waals surface area contributed by atoms with Crippen molar-refractivity contribution in [3.63, 3.8) is 0 Å². The zero-order valence-corrected chi connectivity index (χ0v) is 16.0. The van der Waals surface area contributed by atoms with E-state index < -0.39 is 0 Å². The quantitative estimate of drug-likeness (QED) is 0.691. The van der Waals surface area contributed by atoms with Crippen molar-refractivity contribution in [1.29, 1.82) is 0 Å². The van der Waals surface area contributed by atoms with Crippen LogP contribution in [-0.2, 0) is 16.1 Å². The van der Waals surface area contributed by atoms with Gasteiger partial charge in [-0.05, 0) is 19.8 Å². The fraction of sp³-hybridized carbons (Fsp3) is 0.556. The van der Waals surface area contributed by atoms with Gasteiger partial charge in [-0.2, -0.15) is 0 Å². The molecule has 26 heavy (non-hydrogen) atoms. The van der Waals surface area contributed by atoms with Gasteiger partial charge in [0.25, 0.3) is 5.91 Å². The van der Waals surface area contributed by atoms with Crippen LogP contribution in [0.3, 0.4) is 0 Å². The number of aryl methyl sites for hydroxylation is 1. The van der Waals surface area contributed by atoms with Gasteiger partial charge in [-0.1, -0.05) is 0 Å². The zero-order valence-electron chi connectivity index (χ0n) is 15.2. The summed E-state index contributed by atoms with van der Waals surface area (Å²) in [4.78, 5) is 27.7. The lowest BCUT2D eigenvalue weighted by atomic mass is 9.92. The second kappa shape index (κ2) is 9.16. The number of nitrogens with zero attached hydrogens (tertiary/aromatic N) is 4. The van der Waals surface area contributed by atoms with E-state index in [-0.39, 0.29) is 11.8 Å². The van der Waals surface area contributed by atoms with Crippen molar-refractivity contribution in [2.45, 2.75) is 32.3 Å². The maximum atomic E-state index is 12.6. The lowest BCUT2D eigenvalue weighted by Crippen LogP contribution is -2.39. The van der Waals surface area contributed by atoms with E-state index in [0.29, 0.717) is 32.1 Å². The van der Waals surface area contributed by atoms with E-state index in [4.69, 9.17) is 9.47 Å². The number of hydrogen-bond acceptors (Lipinski definition) is 7. The van der Waals surface area contributed by atoms with E-state index in [1.54, 1.807) is 18.0 Å². The van der Waals surface area contributed by atoms with Crippen LogP contribution in [0.5, 0.6) is 0 Å². The summed E-state index contributed by atoms with van der Waals surface area (Å²) < 4.78 is 10.7. The van der Waals surface area contributed by atoms with Gasteiger partial charge in [-0.25, -0.2) is 15.0 Å². The first-order valence-corrected chi connectivity index (χ1v) is 9.70. The van der Waals surface area contributed by atoms with Crippen LogP contribution in [0.1, 0.15) is 46.3 Å². The summed E-state index contributed by atoms with van der Waals surface area (Å²) in [5.41, 5.74) is 4.20. The zero-order chi connectivity index (χ0) is 18.4. The molecule has 2 aromatic heterocycles. The average molecular weight is 376 g/mol. The van der Waals surface area contributed by atoms with Gasteiger partial charge in [-0.3, -0.25) is 4.79 Å². The first kappa shape index (κ1) is 18.9. The molecule has 0 radical (unpaired) electrons. The third kappa shape index (κ3) is 4.63. The van der Waals surface area contributed by atoms with Gasteiger partial charge < -0.3 is 14.4 Å². The van der Waals surface area contributed by atoms with Crippen molar-refractivity contribution in [3.8, 4) is 0 Å². The van der Waals surface area contributed by atoms with Gasteiger partial charge in [-0.15, -0.1) is 11.3 Å². The monoisotopic (exact) mass is 376 g/mol. The van der Waals surface area contributed by atoms with Crippen LogP contribution in [0.2, 0.25) is 0 Å². The van der Waals surface area contributed by atoms with E-state index in [2.05, 4.69) is 15.0 Å². The van der Waals surface area contributed by atoms with Crippen LogP contribution in [-0.4, -0.2) is 59.2 Å². The Kier molecular flexibility index (Phi) is 6.65. The fourth-order valence-electron chi connectivity index (χ4n) is 3.17. The van der Waals surface area contributed by atoms with Crippen LogP contribution >= 0.6 is 11.3 Å². The highest BCUT2D eigenvalue weighted by Gasteiger charge is 2.28. The Labute approximate surface area is 157 Å². The van der Waals surface area contributed by atoms with Gasteiger partial charge >= 0.3 is 0 Å². The van der Waals surface area contributed by atoms with E-state index in [0.717, 1.165) is 36.5 Å². The summed E-state index contributed by atoms with van der Waals surface area (Å²) in [6.45, 7) is 4.84. The average Bonchev–Trinajstić information content (AvgIpc) is 3.20. The number of thiazole rings is 1. The Morgan fingerprint density at radius 2 is 2.27 bits per heavy atom. The highest BCUT2D eigenvalue weighted by Crippen LogP contribution is 2.29. The molecule has 1 aliphatic rings. The Balaban J connectivity index is 1.72. The minimum atomic E-state index is -0.000349. The lowest BCUT2D eigenvalue weighted by molar-refractivity contribution is 0.0602. The molecule has 1 amide bonds. The highest BCUT2D eigenvalue weighted by molar-refractivity contribution is 7.07. The third-order valence-electron chi connectivity index (χ3n) is 4.45. The molecule has 0 aliphatic carbocycles. The molecule has 3 rings (SSSR count). The number of rotatable bonds is 7. The topological polar surface area (TPSA) is 77.4 Å². The Hall–Kier alpha value is -1.90. The van der Waals surface area contributed by atoms with Crippen LogP contribution < -0.4 is 0 Å². The van der Waals surface area contributed by atoms with Gasteiger partial charge in [0.05, 0.1) is 31.0 Å². The molecule has 0 bridgehead atoms. The van der Waals surface area contributed by atoms with Crippen molar-refractivity contribution in [3.05, 3.63) is 39.9 Å². The van der Waals surface area contributed by atoms with Crippen LogP contribution in [0.15, 0.2) is 17.1 Å². The maximum Gasteiger partial charge on any atom is 0.273 e. The van der Waals surface area contributed by atoms with Crippen molar-refractivity contribution in [2.75, 3.05) is 33.4 Å². The molecular formula is C18H24N4O3S. The van der Waals surface area contributed by atoms with Crippen molar-refractivity contribution in [1.82, 2.24) is 19.9 Å². The first-order valence-electron chi connectivity index (χ1n) is 8.75. The van der Waals surface area contributed by atoms with E-state index in [9.17, 15) is 4.79 Å². The second-order valence-corrected chi connectivity index (χ2v) is 7.06. The summed E-state index contributed by atoms with van der Waals surface area (Å²) in [6.07, 6.45) is 3.79. The van der Waals surface area contributed by atoms with Crippen molar-refractivity contribution < 1.29 is 14.3 Å². The SMILES string of the molecule is COCCOCc1cnc(C)nc1C1CCCN(C(=O)c2cscn2)C1. The summed E-state index contributed by atoms with van der Waals surface area (Å²) in [7, 11) is 1.65. The molecule has 0 N–H and O–H groups in total. The first-order chi connectivity index (χ1) is 12.7. The molecule has 1 aliphatic heterocycles. The fourth-order valence-corrected chi connectivity index (χ4v) is 3.69. The summed E-state index contributed by atoms with van der Waals surface area (Å²) in [5.74, 6) is 0.928. The molecule has 7 nitrogen and oxygen atoms in total. The van der Waals surface area contributed by atoms with Crippen molar-refractivity contribution in [2.24, 2.45) is 0 Å². The number of carbonyl (C=O) groups excluding carboxylic acids is 1. The molecule has 1 saturated heterocycles. The van der Waals surface area contributed by atoms with E-state index >= 15 is 0 Å². The summed E-state index contributed by atoms with van der Waals surface area (Å²) in [6, 6.07) is 0. The molecule has 1 unspecified atom stereocenters. The Morgan fingerprint density at radius 1 is 1.38 bits per heavy atom. The molecule has 0 spiro atoms. The van der Waals surface area contributed by atoms with Crippen molar-refractivity contribution >= 4 is 17.2 Å². The minimum absolute atomic E-state index is 0.000349. The largest absolute Gasteiger partial charge is 0.382 e. The van der Waals surface area contributed by atoms with E-state index in [1.807, 2.05) is 18.0 Å². The van der Waals surface area contributed by atoms with Crippen LogP contribution in [0.25, 0.3) is 0 Å². The molecule has 1 fully saturated rings. The Bertz CT molecular complexity index is 723. The summed E-state index contributed by atoms with van der Waals surface area (Å²) >= 11 is 1.44. The predicted octanol–water partition coefficient (Wildman–Crippen LogP) is 2.42. The van der Waals surface area contributed by atoms with Gasteiger partial charge in [0.15, 0.2) is 0 Å². The minimum Gasteiger partial charge on any atom is -0.382 e. The number of aromatic nitrogens is 3. The van der Waals surface area contributed by atoms with Gasteiger partial charge in [0.1, 0.15) is 11.5 Å². The van der Waals surface area contributed by atoms with Gasteiger partial charge in [0, 0.05) is 43.3 Å².